The van der Waals surface area contributed by atoms with Crippen molar-refractivity contribution < 1.29 is 33.8 Å². The molecule has 1 unspecified atom stereocenters. The molecule has 0 radical (unpaired) electrons. The van der Waals surface area contributed by atoms with Crippen LogP contribution in [0.1, 0.15) is 75.0 Å². The fourth-order valence-corrected chi connectivity index (χ4v) is 2.70. The van der Waals surface area contributed by atoms with Gasteiger partial charge in [-0.15, -0.1) is 0 Å². The number of hydrogen-bond acceptors (Lipinski definition) is 5. The Balaban J connectivity index is 1.82. The van der Waals surface area contributed by atoms with Crippen LogP contribution in [0.2, 0.25) is 0 Å². The first kappa shape index (κ1) is 13.5. The van der Waals surface area contributed by atoms with Crippen molar-refractivity contribution in [1.82, 2.24) is 5.32 Å². The summed E-state index contributed by atoms with van der Waals surface area (Å²) < 4.78 is 84.5. The number of ether oxygens (including phenoxy) is 1. The molecule has 2 aromatic rings. The minimum atomic E-state index is -3.35. The molecule has 0 fully saturated rings. The van der Waals surface area contributed by atoms with Crippen LogP contribution in [0.15, 0.2) is 48.5 Å². The Kier molecular flexibility index (Phi) is 6.73. The molecule has 5 heteroatoms. The lowest BCUT2D eigenvalue weighted by Crippen LogP contribution is -2.22. The SMILES string of the molecule is [2H]c1c([2H])c(C([2H])(O)C([2H])([2H])NCCCCCCOC([2H])([2H])CCCc2ccccc2)c([2H])c(C([2H])([2H])O)c1O. The van der Waals surface area contributed by atoms with Gasteiger partial charge in [-0.05, 0) is 61.9 Å². The number of benzene rings is 2. The van der Waals surface area contributed by atoms with E-state index in [0.717, 1.165) is 12.0 Å². The van der Waals surface area contributed by atoms with E-state index >= 15 is 0 Å². The first-order valence-corrected chi connectivity index (χ1v) is 10.1. The van der Waals surface area contributed by atoms with Crippen LogP contribution in [-0.2, 0) is 17.7 Å². The van der Waals surface area contributed by atoms with Crippen molar-refractivity contribution in [2.24, 2.45) is 0 Å². The van der Waals surface area contributed by atoms with E-state index in [1.807, 2.05) is 30.3 Å². The number of hydrogen-bond donors (Lipinski definition) is 4. The number of unbranched alkanes of at least 4 members (excludes halogenated alkanes) is 3. The van der Waals surface area contributed by atoms with Gasteiger partial charge in [0.25, 0.3) is 0 Å². The van der Waals surface area contributed by atoms with Crippen molar-refractivity contribution in [3.05, 3.63) is 65.1 Å². The summed E-state index contributed by atoms with van der Waals surface area (Å²) in [7, 11) is 0. The zero-order chi connectivity index (χ0) is 30.4. The predicted octanol–water partition coefficient (Wildman–Crippen LogP) is 4.11. The van der Waals surface area contributed by atoms with Crippen molar-refractivity contribution in [2.75, 3.05) is 26.2 Å². The van der Waals surface area contributed by atoms with Gasteiger partial charge in [0.2, 0.25) is 0 Å². The molecule has 0 aliphatic carbocycles. The Morgan fingerprint density at radius 3 is 2.67 bits per heavy atom. The summed E-state index contributed by atoms with van der Waals surface area (Å²) in [6.07, 6.45) is 0.566. The summed E-state index contributed by atoms with van der Waals surface area (Å²) in [6.45, 7) is -7.84. The summed E-state index contributed by atoms with van der Waals surface area (Å²) in [6, 6.07) is 6.54. The second-order valence-electron chi connectivity index (χ2n) is 6.73. The van der Waals surface area contributed by atoms with Gasteiger partial charge in [0.05, 0.1) is 23.6 Å². The van der Waals surface area contributed by atoms with E-state index in [1.165, 1.54) is 0 Å². The summed E-state index contributed by atoms with van der Waals surface area (Å²) in [5.41, 5.74) is -1.08. The van der Waals surface area contributed by atoms with Crippen LogP contribution < -0.4 is 5.32 Å². The van der Waals surface area contributed by atoms with Crippen LogP contribution in [0.5, 0.6) is 5.75 Å². The number of rotatable bonds is 16. The summed E-state index contributed by atoms with van der Waals surface area (Å²) in [5, 5.41) is 32.7. The molecule has 0 heterocycles. The molecule has 0 bridgehead atoms. The van der Waals surface area contributed by atoms with Gasteiger partial charge in [-0.2, -0.15) is 0 Å². The van der Waals surface area contributed by atoms with Gasteiger partial charge in [0, 0.05) is 28.0 Å². The number of aliphatic hydroxyl groups is 2. The van der Waals surface area contributed by atoms with E-state index in [2.05, 4.69) is 5.32 Å². The third kappa shape index (κ3) is 9.72. The van der Waals surface area contributed by atoms with E-state index in [1.54, 1.807) is 0 Å². The van der Waals surface area contributed by atoms with Crippen molar-refractivity contribution in [1.29, 1.82) is 0 Å². The third-order valence-corrected chi connectivity index (χ3v) is 4.34. The van der Waals surface area contributed by atoms with Crippen LogP contribution in [-0.4, -0.2) is 41.5 Å². The molecule has 0 amide bonds. The average molecular weight is 426 g/mol. The lowest BCUT2D eigenvalue weighted by Gasteiger charge is -2.14. The normalized spacial score (nSPS) is 19.5. The zero-order valence-corrected chi connectivity index (χ0v) is 17.0. The highest BCUT2D eigenvalue weighted by molar-refractivity contribution is 5.36. The lowest BCUT2D eigenvalue weighted by molar-refractivity contribution is 0.126. The Morgan fingerprint density at radius 2 is 1.87 bits per heavy atom. The predicted molar refractivity (Wildman–Crippen MR) is 121 cm³/mol. The largest absolute Gasteiger partial charge is 0.508 e. The van der Waals surface area contributed by atoms with Gasteiger partial charge < -0.3 is 25.4 Å². The molecule has 166 valence electrons. The highest BCUT2D eigenvalue weighted by Crippen LogP contribution is 2.22. The first-order valence-electron chi connectivity index (χ1n) is 15.1. The molecular formula is C25H37NO4. The second kappa shape index (κ2) is 15.0. The van der Waals surface area contributed by atoms with Crippen LogP contribution >= 0.6 is 0 Å². The fourth-order valence-electron chi connectivity index (χ4n) is 2.70. The second-order valence-corrected chi connectivity index (χ2v) is 6.73. The van der Waals surface area contributed by atoms with Gasteiger partial charge in [-0.3, -0.25) is 0 Å². The van der Waals surface area contributed by atoms with Crippen LogP contribution in [0, 0.1) is 0 Å². The maximum atomic E-state index is 10.7. The smallest absolute Gasteiger partial charge is 0.121 e. The molecule has 0 aliphatic heterocycles. The van der Waals surface area contributed by atoms with Crippen molar-refractivity contribution in [2.45, 2.75) is 57.6 Å². The van der Waals surface area contributed by atoms with Crippen molar-refractivity contribution in [3.63, 3.8) is 0 Å². The molecule has 2 rings (SSSR count). The number of nitrogens with one attached hydrogen (secondary N) is 1. The quantitative estimate of drug-likeness (QED) is 0.304. The lowest BCUT2D eigenvalue weighted by atomic mass is 10.1. The molecule has 0 saturated carbocycles. The fraction of sp³-hybridized carbons (Fsp3) is 0.520. The molecule has 1 atom stereocenters. The van der Waals surface area contributed by atoms with Crippen molar-refractivity contribution in [3.8, 4) is 5.75 Å². The Labute approximate surface area is 194 Å². The van der Waals surface area contributed by atoms with Gasteiger partial charge >= 0.3 is 0 Å². The van der Waals surface area contributed by atoms with Crippen LogP contribution in [0.3, 0.4) is 0 Å². The molecule has 4 N–H and O–H groups in total. The van der Waals surface area contributed by atoms with E-state index in [4.69, 9.17) is 18.4 Å². The van der Waals surface area contributed by atoms with Crippen molar-refractivity contribution >= 4 is 0 Å². The Morgan fingerprint density at radius 1 is 1.07 bits per heavy atom. The average Bonchev–Trinajstić information content (AvgIpc) is 2.83. The highest BCUT2D eigenvalue weighted by Gasteiger charge is 2.09. The van der Waals surface area contributed by atoms with Crippen LogP contribution in [0.25, 0.3) is 0 Å². The molecule has 0 aliphatic rings. The standard InChI is InChI=1S/C25H37NO4/c27-20-23-18-22(13-14-24(23)28)25(29)19-26-15-7-1-2-8-16-30-17-9-6-12-21-10-4-3-5-11-21/h3-5,10-11,13-14,18,25-29H,1-2,6-9,12,15-17,19-20H2/i13D,14D,17D2,18D,19D2,20D2,25D. The monoisotopic (exact) mass is 425 g/mol. The summed E-state index contributed by atoms with van der Waals surface area (Å²) in [4.78, 5) is 0. The molecule has 0 aromatic heterocycles. The minimum absolute atomic E-state index is 0.0183. The minimum Gasteiger partial charge on any atom is -0.508 e. The summed E-state index contributed by atoms with van der Waals surface area (Å²) in [5.74, 6) is -1.21. The van der Waals surface area contributed by atoms with Gasteiger partial charge in [-0.1, -0.05) is 49.2 Å². The third-order valence-electron chi connectivity index (χ3n) is 4.34. The zero-order valence-electron chi connectivity index (χ0n) is 27.0. The van der Waals surface area contributed by atoms with Gasteiger partial charge in [0.15, 0.2) is 0 Å². The highest BCUT2D eigenvalue weighted by atomic mass is 16.5. The maximum absolute atomic E-state index is 10.7. The molecule has 2 aromatic carbocycles. The number of aryl methyl sites for hydroxylation is 1. The first-order chi connectivity index (χ1) is 18.4. The molecular weight excluding hydrogens is 378 g/mol. The molecule has 5 nitrogen and oxygen atoms in total. The Bertz CT molecular complexity index is 1110. The summed E-state index contributed by atoms with van der Waals surface area (Å²) >= 11 is 0. The number of aromatic hydroxyl groups is 1. The molecule has 30 heavy (non-hydrogen) atoms. The van der Waals surface area contributed by atoms with Gasteiger partial charge in [-0.25, -0.2) is 0 Å². The van der Waals surface area contributed by atoms with Crippen LogP contribution in [0.4, 0.5) is 0 Å². The van der Waals surface area contributed by atoms with E-state index in [-0.39, 0.29) is 19.6 Å². The van der Waals surface area contributed by atoms with Gasteiger partial charge in [0.1, 0.15) is 5.75 Å². The maximum Gasteiger partial charge on any atom is 0.121 e. The molecule has 0 spiro atoms. The topological polar surface area (TPSA) is 82.0 Å². The van der Waals surface area contributed by atoms with E-state index in [9.17, 15) is 15.3 Å². The Hall–Kier alpha value is -1.92. The number of phenols is 1. The van der Waals surface area contributed by atoms with E-state index < -0.39 is 60.7 Å². The molecule has 0 saturated heterocycles. The van der Waals surface area contributed by atoms with E-state index in [0.29, 0.717) is 32.1 Å².